The highest BCUT2D eigenvalue weighted by atomic mass is 16.3. The maximum Gasteiger partial charge on any atom is 0.225 e. The molecule has 0 saturated carbocycles. The first kappa shape index (κ1) is 5.47. The van der Waals surface area contributed by atoms with Crippen LogP contribution >= 0.6 is 0 Å². The molecule has 0 aromatic rings. The smallest absolute Gasteiger partial charge is 0.225 e. The van der Waals surface area contributed by atoms with Gasteiger partial charge in [-0.1, -0.05) is 0 Å². The van der Waals surface area contributed by atoms with Crippen molar-refractivity contribution in [3.63, 3.8) is 0 Å². The van der Waals surface area contributed by atoms with E-state index in [2.05, 4.69) is 4.98 Å². The lowest BCUT2D eigenvalue weighted by Crippen LogP contribution is -1.76. The van der Waals surface area contributed by atoms with Crippen LogP contribution in [0.25, 0.3) is 11.5 Å². The fourth-order valence-electron chi connectivity index (χ4n) is 0.967. The molecule has 2 nitrogen and oxygen atoms in total. The summed E-state index contributed by atoms with van der Waals surface area (Å²) in [5, 5.41) is 0. The Morgan fingerprint density at radius 1 is 1.50 bits per heavy atom. The molecule has 2 heteroatoms. The van der Waals surface area contributed by atoms with Crippen molar-refractivity contribution in [1.82, 2.24) is 4.98 Å². The van der Waals surface area contributed by atoms with E-state index in [-0.39, 0.29) is 0 Å². The van der Waals surface area contributed by atoms with Crippen molar-refractivity contribution in [2.75, 3.05) is 0 Å². The van der Waals surface area contributed by atoms with E-state index in [0.29, 0.717) is 5.89 Å². The van der Waals surface area contributed by atoms with Gasteiger partial charge in [0.1, 0.15) is 0 Å². The molecule has 0 aliphatic carbocycles. The van der Waals surface area contributed by atoms with E-state index >= 15 is 0 Å². The van der Waals surface area contributed by atoms with Gasteiger partial charge in [-0.2, -0.15) is 0 Å². The maximum absolute atomic E-state index is 5.17. The average molecular weight is 133 g/mol. The second-order valence-electron chi connectivity index (χ2n) is 2.33. The van der Waals surface area contributed by atoms with Gasteiger partial charge in [-0.05, 0) is 24.6 Å². The molecular weight excluding hydrogens is 126 g/mol. The molecule has 0 aromatic heterocycles. The molecule has 2 heterocycles. The monoisotopic (exact) mass is 133 g/mol. The van der Waals surface area contributed by atoms with Gasteiger partial charge in [0, 0.05) is 11.8 Å². The third-order valence-corrected chi connectivity index (χ3v) is 1.43. The lowest BCUT2D eigenvalue weighted by molar-refractivity contribution is 0.547. The summed E-state index contributed by atoms with van der Waals surface area (Å²) in [6, 6.07) is 3.98. The van der Waals surface area contributed by atoms with Crippen LogP contribution in [-0.4, -0.2) is 4.98 Å². The minimum Gasteiger partial charge on any atom is -0.446 e. The zero-order valence-electron chi connectivity index (χ0n) is 5.66. The summed E-state index contributed by atoms with van der Waals surface area (Å²) in [5.41, 5.74) is 2.19. The van der Waals surface area contributed by atoms with Crippen LogP contribution < -0.4 is 0 Å². The summed E-state index contributed by atoms with van der Waals surface area (Å²) in [7, 11) is 0. The highest BCUT2D eigenvalue weighted by Gasteiger charge is 2.03. The van der Waals surface area contributed by atoms with Crippen molar-refractivity contribution in [2.45, 2.75) is 6.92 Å². The van der Waals surface area contributed by atoms with Crippen molar-refractivity contribution in [2.24, 2.45) is 0 Å². The van der Waals surface area contributed by atoms with Crippen LogP contribution in [0, 0.1) is 6.92 Å². The average Bonchev–Trinajstić information content (AvgIpc) is 2.33. The SMILES string of the molecule is Cc1coc2nccc-2c1. The maximum atomic E-state index is 5.17. The molecule has 2 rings (SSSR count). The van der Waals surface area contributed by atoms with Crippen LogP contribution in [0.5, 0.6) is 0 Å². The van der Waals surface area contributed by atoms with Gasteiger partial charge in [-0.15, -0.1) is 0 Å². The second-order valence-corrected chi connectivity index (χ2v) is 2.33. The fraction of sp³-hybridized carbons (Fsp3) is 0.125. The van der Waals surface area contributed by atoms with E-state index < -0.39 is 0 Å². The topological polar surface area (TPSA) is 26.0 Å². The first-order valence-electron chi connectivity index (χ1n) is 3.16. The summed E-state index contributed by atoms with van der Waals surface area (Å²) in [6.07, 6.45) is 3.45. The van der Waals surface area contributed by atoms with E-state index in [1.165, 1.54) is 0 Å². The fourth-order valence-corrected chi connectivity index (χ4v) is 0.967. The Labute approximate surface area is 58.8 Å². The van der Waals surface area contributed by atoms with Gasteiger partial charge in [0.25, 0.3) is 0 Å². The van der Waals surface area contributed by atoms with E-state index in [9.17, 15) is 0 Å². The van der Waals surface area contributed by atoms with E-state index in [1.54, 1.807) is 12.5 Å². The van der Waals surface area contributed by atoms with Crippen LogP contribution in [0.4, 0.5) is 0 Å². The molecule has 0 bridgehead atoms. The van der Waals surface area contributed by atoms with Gasteiger partial charge >= 0.3 is 0 Å². The quantitative estimate of drug-likeness (QED) is 0.550. The van der Waals surface area contributed by atoms with Crippen LogP contribution in [0.3, 0.4) is 0 Å². The lowest BCUT2D eigenvalue weighted by atomic mass is 10.2. The molecule has 0 N–H and O–H groups in total. The Kier molecular flexibility index (Phi) is 1.01. The first-order valence-corrected chi connectivity index (χ1v) is 3.16. The molecule has 0 fully saturated rings. The molecule has 10 heavy (non-hydrogen) atoms. The molecule has 0 atom stereocenters. The molecule has 0 spiro atoms. The third-order valence-electron chi connectivity index (χ3n) is 1.43. The predicted molar refractivity (Wildman–Crippen MR) is 37.9 cm³/mol. The summed E-state index contributed by atoms with van der Waals surface area (Å²) in [4.78, 5) is 3.99. The second kappa shape index (κ2) is 1.84. The number of aryl methyl sites for hydroxylation is 1. The Morgan fingerprint density at radius 3 is 3.30 bits per heavy atom. The van der Waals surface area contributed by atoms with Gasteiger partial charge in [-0.25, -0.2) is 4.98 Å². The van der Waals surface area contributed by atoms with Gasteiger partial charge in [-0.3, -0.25) is 0 Å². The largest absolute Gasteiger partial charge is 0.446 e. The van der Waals surface area contributed by atoms with Crippen molar-refractivity contribution < 1.29 is 4.42 Å². The number of hydrogen-bond acceptors (Lipinski definition) is 2. The number of fused-ring (bicyclic) bond motifs is 1. The van der Waals surface area contributed by atoms with Crippen LogP contribution in [0.2, 0.25) is 0 Å². The Bertz CT molecular complexity index is 313. The number of hydrogen-bond donors (Lipinski definition) is 0. The van der Waals surface area contributed by atoms with Crippen LogP contribution in [-0.2, 0) is 0 Å². The van der Waals surface area contributed by atoms with Crippen molar-refractivity contribution in [3.8, 4) is 11.5 Å². The van der Waals surface area contributed by atoms with Gasteiger partial charge in [0.2, 0.25) is 5.89 Å². The predicted octanol–water partition coefficient (Wildman–Crippen LogP) is 2.09. The zero-order valence-corrected chi connectivity index (χ0v) is 5.66. The molecule has 50 valence electrons. The standard InChI is InChI=1S/C8H7NO/c1-6-4-7-2-3-9-8(7)10-5-6/h2-5H,1H3. The summed E-state index contributed by atoms with van der Waals surface area (Å²) in [6.45, 7) is 2.00. The molecule has 0 amide bonds. The Hall–Kier alpha value is -1.31. The van der Waals surface area contributed by atoms with Gasteiger partial charge in [0.15, 0.2) is 0 Å². The Balaban J connectivity index is 2.75. The minimum atomic E-state index is 0.714. The van der Waals surface area contributed by atoms with E-state index in [1.807, 2.05) is 19.1 Å². The van der Waals surface area contributed by atoms with Gasteiger partial charge in [0.05, 0.1) is 6.26 Å². The molecule has 0 aromatic carbocycles. The summed E-state index contributed by atoms with van der Waals surface area (Å²) >= 11 is 0. The van der Waals surface area contributed by atoms with Crippen molar-refractivity contribution in [3.05, 3.63) is 30.2 Å². The molecule has 2 aliphatic heterocycles. The first-order chi connectivity index (χ1) is 4.86. The summed E-state index contributed by atoms with van der Waals surface area (Å²) < 4.78 is 5.17. The summed E-state index contributed by atoms with van der Waals surface area (Å²) in [5.74, 6) is 0.714. The lowest BCUT2D eigenvalue weighted by Gasteiger charge is -1.95. The highest BCUT2D eigenvalue weighted by Crippen LogP contribution is 2.19. The minimum absolute atomic E-state index is 0.714. The molecular formula is C8H7NO. The van der Waals surface area contributed by atoms with E-state index in [0.717, 1.165) is 11.1 Å². The molecule has 0 saturated heterocycles. The highest BCUT2D eigenvalue weighted by molar-refractivity contribution is 5.54. The zero-order chi connectivity index (χ0) is 6.97. The molecule has 2 aliphatic rings. The number of rotatable bonds is 0. The van der Waals surface area contributed by atoms with Crippen molar-refractivity contribution >= 4 is 0 Å². The van der Waals surface area contributed by atoms with Crippen molar-refractivity contribution in [1.29, 1.82) is 0 Å². The number of nitrogens with zero attached hydrogens (tertiary/aromatic N) is 1. The number of aromatic nitrogens is 1. The molecule has 0 radical (unpaired) electrons. The van der Waals surface area contributed by atoms with E-state index in [4.69, 9.17) is 4.42 Å². The van der Waals surface area contributed by atoms with Gasteiger partial charge < -0.3 is 4.42 Å². The Morgan fingerprint density at radius 2 is 2.40 bits per heavy atom. The van der Waals surface area contributed by atoms with Crippen LogP contribution in [0.1, 0.15) is 5.56 Å². The molecule has 0 unspecified atom stereocenters. The normalized spacial score (nSPS) is 10.5. The third kappa shape index (κ3) is 0.692. The van der Waals surface area contributed by atoms with Crippen LogP contribution in [0.15, 0.2) is 29.0 Å².